The van der Waals surface area contributed by atoms with Crippen LogP contribution in [0.15, 0.2) is 53.4 Å². The fourth-order valence-electron chi connectivity index (χ4n) is 4.55. The van der Waals surface area contributed by atoms with E-state index in [1.54, 1.807) is 47.4 Å². The molecule has 2 saturated heterocycles. The molecular weight excluding hydrogens is 466 g/mol. The number of hydrogen-bond acceptors (Lipinski definition) is 5. The molecule has 4 rings (SSSR count). The molecule has 8 nitrogen and oxygen atoms in total. The predicted molar refractivity (Wildman–Crippen MR) is 134 cm³/mol. The van der Waals surface area contributed by atoms with Crippen LogP contribution in [-0.4, -0.2) is 57.0 Å². The average molecular weight is 500 g/mol. The minimum atomic E-state index is -3.81. The number of carbonyl (C=O) groups is 2. The summed E-state index contributed by atoms with van der Waals surface area (Å²) in [6, 6.07) is 12.6. The Balaban J connectivity index is 1.43. The van der Waals surface area contributed by atoms with Gasteiger partial charge in [0.2, 0.25) is 5.91 Å². The minimum absolute atomic E-state index is 0.0378. The van der Waals surface area contributed by atoms with Crippen LogP contribution in [0, 0.1) is 0 Å². The molecule has 2 atom stereocenters. The highest BCUT2D eigenvalue weighted by molar-refractivity contribution is 7.92. The Morgan fingerprint density at radius 3 is 2.54 bits per heavy atom. The van der Waals surface area contributed by atoms with Gasteiger partial charge in [-0.1, -0.05) is 32.0 Å². The van der Waals surface area contributed by atoms with Crippen molar-refractivity contribution in [1.29, 1.82) is 0 Å². The second-order valence-electron chi connectivity index (χ2n) is 9.45. The summed E-state index contributed by atoms with van der Waals surface area (Å²) in [5.74, 6) is -0.162. The molecule has 2 unspecified atom stereocenters. The molecule has 35 heavy (non-hydrogen) atoms. The molecule has 0 bridgehead atoms. The Hall–Kier alpha value is -2.91. The summed E-state index contributed by atoms with van der Waals surface area (Å²) in [6.45, 7) is 5.74. The summed E-state index contributed by atoms with van der Waals surface area (Å²) >= 11 is 0. The number of ether oxygens (including phenoxy) is 1. The number of carbonyl (C=O) groups excluding carboxylic acids is 2. The number of rotatable bonds is 8. The first-order valence-electron chi connectivity index (χ1n) is 12.2. The number of sulfonamides is 1. The molecule has 2 aromatic carbocycles. The molecule has 0 aliphatic carbocycles. The van der Waals surface area contributed by atoms with Crippen LogP contribution in [0.5, 0.6) is 0 Å². The smallest absolute Gasteiger partial charge is 0.261 e. The highest BCUT2D eigenvalue weighted by Gasteiger charge is 2.35. The fourth-order valence-corrected chi connectivity index (χ4v) is 5.60. The average Bonchev–Trinajstić information content (AvgIpc) is 3.54. The Morgan fingerprint density at radius 2 is 1.86 bits per heavy atom. The van der Waals surface area contributed by atoms with Crippen molar-refractivity contribution in [2.45, 2.75) is 62.5 Å². The third kappa shape index (κ3) is 6.02. The zero-order valence-electron chi connectivity index (χ0n) is 20.2. The van der Waals surface area contributed by atoms with Crippen LogP contribution in [0.2, 0.25) is 0 Å². The molecule has 0 aromatic heterocycles. The van der Waals surface area contributed by atoms with Crippen LogP contribution < -0.4 is 10.0 Å². The van der Waals surface area contributed by atoms with Crippen LogP contribution in [0.4, 0.5) is 5.69 Å². The Kier molecular flexibility index (Phi) is 7.76. The molecule has 2 heterocycles. The van der Waals surface area contributed by atoms with Gasteiger partial charge in [0.1, 0.15) is 6.04 Å². The highest BCUT2D eigenvalue weighted by Crippen LogP contribution is 2.24. The van der Waals surface area contributed by atoms with Crippen LogP contribution in [0.25, 0.3) is 0 Å². The molecule has 2 aliphatic rings. The van der Waals surface area contributed by atoms with Crippen LogP contribution in [0.1, 0.15) is 61.4 Å². The van der Waals surface area contributed by atoms with Crippen molar-refractivity contribution in [3.05, 3.63) is 59.7 Å². The highest BCUT2D eigenvalue weighted by atomic mass is 32.2. The predicted octanol–water partition coefficient (Wildman–Crippen LogP) is 3.51. The zero-order valence-corrected chi connectivity index (χ0v) is 21.0. The van der Waals surface area contributed by atoms with Gasteiger partial charge in [0.15, 0.2) is 0 Å². The molecular formula is C26H33N3O5S. The van der Waals surface area contributed by atoms with E-state index in [0.717, 1.165) is 31.4 Å². The molecule has 0 radical (unpaired) electrons. The van der Waals surface area contributed by atoms with Gasteiger partial charge in [0, 0.05) is 30.9 Å². The number of likely N-dealkylation sites (tertiary alicyclic amines) is 1. The van der Waals surface area contributed by atoms with Crippen LogP contribution >= 0.6 is 0 Å². The standard InChI is InChI=1S/C26H33N3O5S/c1-18(2)19-10-12-23(13-11-19)35(32,33)28-21-7-3-6-20(16-21)26(31)29-14-4-9-24(29)25(30)27-17-22-8-5-15-34-22/h3,6-7,10-13,16,18,22,24,28H,4-5,8-9,14-15,17H2,1-2H3,(H,27,30). The Labute approximate surface area is 207 Å². The summed E-state index contributed by atoms with van der Waals surface area (Å²) < 4.78 is 33.9. The summed E-state index contributed by atoms with van der Waals surface area (Å²) in [7, 11) is -3.81. The van der Waals surface area contributed by atoms with E-state index in [4.69, 9.17) is 4.74 Å². The third-order valence-electron chi connectivity index (χ3n) is 6.56. The van der Waals surface area contributed by atoms with Crippen LogP contribution in [-0.2, 0) is 19.6 Å². The lowest BCUT2D eigenvalue weighted by atomic mass is 10.0. The summed E-state index contributed by atoms with van der Waals surface area (Å²) in [5.41, 5.74) is 1.68. The molecule has 0 saturated carbocycles. The van der Waals surface area contributed by atoms with Gasteiger partial charge in [-0.15, -0.1) is 0 Å². The van der Waals surface area contributed by atoms with E-state index in [-0.39, 0.29) is 22.8 Å². The lowest BCUT2D eigenvalue weighted by Gasteiger charge is -2.25. The zero-order chi connectivity index (χ0) is 25.0. The summed E-state index contributed by atoms with van der Waals surface area (Å²) in [5, 5.41) is 2.92. The number of hydrogen-bond donors (Lipinski definition) is 2. The number of nitrogens with zero attached hydrogens (tertiary/aromatic N) is 1. The monoisotopic (exact) mass is 499 g/mol. The van der Waals surface area contributed by atoms with E-state index in [9.17, 15) is 18.0 Å². The normalized spacial score (nSPS) is 20.3. The van der Waals surface area contributed by atoms with Crippen molar-refractivity contribution in [1.82, 2.24) is 10.2 Å². The van der Waals surface area contributed by atoms with Crippen molar-refractivity contribution in [3.8, 4) is 0 Å². The van der Waals surface area contributed by atoms with Gasteiger partial charge in [0.05, 0.1) is 11.0 Å². The molecule has 2 fully saturated rings. The van der Waals surface area contributed by atoms with Crippen LogP contribution in [0.3, 0.4) is 0 Å². The lowest BCUT2D eigenvalue weighted by molar-refractivity contribution is -0.125. The first-order chi connectivity index (χ1) is 16.7. The maximum atomic E-state index is 13.3. The summed E-state index contributed by atoms with van der Waals surface area (Å²) in [6.07, 6.45) is 3.30. The molecule has 2 aromatic rings. The minimum Gasteiger partial charge on any atom is -0.376 e. The van der Waals surface area contributed by atoms with Crippen molar-refractivity contribution < 1.29 is 22.7 Å². The largest absolute Gasteiger partial charge is 0.376 e. The number of nitrogens with one attached hydrogen (secondary N) is 2. The lowest BCUT2D eigenvalue weighted by Crippen LogP contribution is -2.47. The molecule has 2 aliphatic heterocycles. The number of benzene rings is 2. The van der Waals surface area contributed by atoms with E-state index in [0.29, 0.717) is 36.7 Å². The maximum Gasteiger partial charge on any atom is 0.261 e. The Bertz CT molecular complexity index is 1160. The van der Waals surface area contributed by atoms with E-state index < -0.39 is 16.1 Å². The van der Waals surface area contributed by atoms with E-state index >= 15 is 0 Å². The maximum absolute atomic E-state index is 13.3. The molecule has 9 heteroatoms. The number of anilines is 1. The van der Waals surface area contributed by atoms with E-state index in [1.807, 2.05) is 13.8 Å². The molecule has 2 N–H and O–H groups in total. The fraction of sp³-hybridized carbons (Fsp3) is 0.462. The van der Waals surface area contributed by atoms with E-state index in [2.05, 4.69) is 10.0 Å². The topological polar surface area (TPSA) is 105 Å². The molecule has 0 spiro atoms. The Morgan fingerprint density at radius 1 is 1.09 bits per heavy atom. The van der Waals surface area contributed by atoms with Crippen molar-refractivity contribution in [3.63, 3.8) is 0 Å². The quantitative estimate of drug-likeness (QED) is 0.578. The van der Waals surface area contributed by atoms with Gasteiger partial charge >= 0.3 is 0 Å². The SMILES string of the molecule is CC(C)c1ccc(S(=O)(=O)Nc2cccc(C(=O)N3CCCC3C(=O)NCC3CCCO3)c2)cc1. The summed E-state index contributed by atoms with van der Waals surface area (Å²) in [4.78, 5) is 27.8. The van der Waals surface area contributed by atoms with Crippen molar-refractivity contribution in [2.24, 2.45) is 0 Å². The van der Waals surface area contributed by atoms with Gasteiger partial charge in [0.25, 0.3) is 15.9 Å². The van der Waals surface area contributed by atoms with Gasteiger partial charge in [-0.3, -0.25) is 14.3 Å². The molecule has 2 amide bonds. The van der Waals surface area contributed by atoms with Gasteiger partial charge in [-0.05, 0) is 67.5 Å². The van der Waals surface area contributed by atoms with Gasteiger partial charge in [-0.25, -0.2) is 8.42 Å². The second kappa shape index (κ2) is 10.8. The van der Waals surface area contributed by atoms with Crippen molar-refractivity contribution in [2.75, 3.05) is 24.4 Å². The van der Waals surface area contributed by atoms with E-state index in [1.165, 1.54) is 6.07 Å². The van der Waals surface area contributed by atoms with Crippen molar-refractivity contribution >= 4 is 27.5 Å². The second-order valence-corrected chi connectivity index (χ2v) is 11.1. The van der Waals surface area contributed by atoms with Gasteiger partial charge < -0.3 is 15.0 Å². The number of amides is 2. The first-order valence-corrected chi connectivity index (χ1v) is 13.7. The first kappa shape index (κ1) is 25.2. The van der Waals surface area contributed by atoms with Gasteiger partial charge in [-0.2, -0.15) is 0 Å². The third-order valence-corrected chi connectivity index (χ3v) is 7.96. The molecule has 188 valence electrons.